The van der Waals surface area contributed by atoms with Gasteiger partial charge in [-0.15, -0.1) is 0 Å². The van der Waals surface area contributed by atoms with Gasteiger partial charge in [-0.25, -0.2) is 0 Å². The number of nitrogens with one attached hydrogen (secondary N) is 2. The van der Waals surface area contributed by atoms with Crippen molar-refractivity contribution in [3.63, 3.8) is 0 Å². The molecule has 2 aliphatic rings. The lowest BCUT2D eigenvalue weighted by Crippen LogP contribution is -2.46. The third kappa shape index (κ3) is 5.29. The lowest BCUT2D eigenvalue weighted by molar-refractivity contribution is -0.115. The molecule has 1 aromatic rings. The predicted molar refractivity (Wildman–Crippen MR) is 109 cm³/mol. The summed E-state index contributed by atoms with van der Waals surface area (Å²) in [6.45, 7) is 8.34. The smallest absolute Gasteiger partial charge is 0.238 e. The van der Waals surface area contributed by atoms with Crippen molar-refractivity contribution in [1.82, 2.24) is 5.32 Å². The van der Waals surface area contributed by atoms with E-state index in [9.17, 15) is 4.79 Å². The van der Waals surface area contributed by atoms with Gasteiger partial charge in [0.15, 0.2) is 11.5 Å². The first-order chi connectivity index (χ1) is 12.8. The van der Waals surface area contributed by atoms with E-state index in [-0.39, 0.29) is 17.9 Å². The monoisotopic (exact) mass is 394 g/mol. The van der Waals surface area contributed by atoms with Gasteiger partial charge in [0, 0.05) is 24.6 Å². The molecule has 2 atom stereocenters. The van der Waals surface area contributed by atoms with Gasteiger partial charge >= 0.3 is 0 Å². The van der Waals surface area contributed by atoms with E-state index in [1.807, 2.05) is 0 Å². The molecule has 1 heterocycles. The fourth-order valence-electron chi connectivity index (χ4n) is 4.11. The van der Waals surface area contributed by atoms with Crippen LogP contribution in [0.3, 0.4) is 0 Å². The molecule has 3 rings (SSSR count). The number of hydrogen-bond acceptors (Lipinski definition) is 4. The standard InChI is InChI=1S/C21H31ClN2O3/c1-21(2,3)14-7-4-5-8-16(14)23-13-20(25)24-17-12-19-18(11-15(17)22)26-9-6-10-27-19/h11-12,14,16,23H,4-10,13H2,1-3H3,(H,24,25). The molecule has 1 aliphatic heterocycles. The highest BCUT2D eigenvalue weighted by Gasteiger charge is 2.34. The maximum Gasteiger partial charge on any atom is 0.238 e. The third-order valence-corrected chi connectivity index (χ3v) is 5.83. The van der Waals surface area contributed by atoms with Crippen LogP contribution in [0.15, 0.2) is 12.1 Å². The van der Waals surface area contributed by atoms with Crippen molar-refractivity contribution in [2.75, 3.05) is 25.1 Å². The first kappa shape index (κ1) is 20.3. The second kappa shape index (κ2) is 8.70. The Bertz CT molecular complexity index is 672. The van der Waals surface area contributed by atoms with Crippen molar-refractivity contribution in [2.45, 2.75) is 58.9 Å². The summed E-state index contributed by atoms with van der Waals surface area (Å²) >= 11 is 6.32. The van der Waals surface area contributed by atoms with Crippen LogP contribution in [0.5, 0.6) is 11.5 Å². The van der Waals surface area contributed by atoms with E-state index in [2.05, 4.69) is 31.4 Å². The van der Waals surface area contributed by atoms with Crippen LogP contribution in [0.2, 0.25) is 5.02 Å². The molecule has 0 aromatic heterocycles. The summed E-state index contributed by atoms with van der Waals surface area (Å²) in [5.74, 6) is 1.74. The van der Waals surface area contributed by atoms with Crippen molar-refractivity contribution in [2.24, 2.45) is 11.3 Å². The van der Waals surface area contributed by atoms with Gasteiger partial charge in [0.2, 0.25) is 5.91 Å². The first-order valence-corrected chi connectivity index (χ1v) is 10.3. The van der Waals surface area contributed by atoms with E-state index >= 15 is 0 Å². The molecular weight excluding hydrogens is 364 g/mol. The van der Waals surface area contributed by atoms with E-state index in [1.165, 1.54) is 19.3 Å². The van der Waals surface area contributed by atoms with E-state index in [0.29, 0.717) is 47.4 Å². The van der Waals surface area contributed by atoms with Crippen molar-refractivity contribution >= 4 is 23.2 Å². The lowest BCUT2D eigenvalue weighted by atomic mass is 9.69. The fourth-order valence-corrected chi connectivity index (χ4v) is 4.31. The molecule has 1 aliphatic carbocycles. The highest BCUT2D eigenvalue weighted by atomic mass is 35.5. The minimum Gasteiger partial charge on any atom is -0.490 e. The Hall–Kier alpha value is -1.46. The minimum atomic E-state index is -0.0929. The molecule has 2 unspecified atom stereocenters. The number of amides is 1. The second-order valence-corrected chi connectivity index (χ2v) is 9.03. The molecule has 1 amide bonds. The number of halogens is 1. The lowest BCUT2D eigenvalue weighted by Gasteiger charge is -2.40. The van der Waals surface area contributed by atoms with Gasteiger partial charge in [0.1, 0.15) is 0 Å². The Labute approximate surface area is 167 Å². The molecule has 1 fully saturated rings. The summed E-state index contributed by atoms with van der Waals surface area (Å²) in [5, 5.41) is 6.84. The fraction of sp³-hybridized carbons (Fsp3) is 0.667. The first-order valence-electron chi connectivity index (χ1n) is 9.97. The highest BCUT2D eigenvalue weighted by Crippen LogP contribution is 2.39. The summed E-state index contributed by atoms with van der Waals surface area (Å²) in [7, 11) is 0. The van der Waals surface area contributed by atoms with Gasteiger partial charge in [-0.1, -0.05) is 45.2 Å². The third-order valence-electron chi connectivity index (χ3n) is 5.51. The number of rotatable bonds is 4. The minimum absolute atomic E-state index is 0.0929. The SMILES string of the molecule is CC(C)(C)C1CCCCC1NCC(=O)Nc1cc2c(cc1Cl)OCCCO2. The predicted octanol–water partition coefficient (Wildman–Crippen LogP) is 4.63. The number of anilines is 1. The molecule has 6 heteroatoms. The van der Waals surface area contributed by atoms with Crippen LogP contribution in [0.25, 0.3) is 0 Å². The van der Waals surface area contributed by atoms with Gasteiger partial charge in [-0.3, -0.25) is 4.79 Å². The molecule has 27 heavy (non-hydrogen) atoms. The maximum atomic E-state index is 12.5. The Kier molecular flexibility index (Phi) is 6.53. The normalized spacial score (nSPS) is 22.8. The number of hydrogen-bond donors (Lipinski definition) is 2. The zero-order valence-electron chi connectivity index (χ0n) is 16.6. The molecule has 2 N–H and O–H groups in total. The zero-order valence-corrected chi connectivity index (χ0v) is 17.3. The molecule has 1 saturated carbocycles. The largest absolute Gasteiger partial charge is 0.490 e. The van der Waals surface area contributed by atoms with Crippen molar-refractivity contribution < 1.29 is 14.3 Å². The van der Waals surface area contributed by atoms with Crippen LogP contribution in [0.1, 0.15) is 52.9 Å². The summed E-state index contributed by atoms with van der Waals surface area (Å²) in [6, 6.07) is 3.84. The van der Waals surface area contributed by atoms with E-state index in [0.717, 1.165) is 12.8 Å². The van der Waals surface area contributed by atoms with Crippen LogP contribution in [-0.2, 0) is 4.79 Å². The van der Waals surface area contributed by atoms with E-state index in [4.69, 9.17) is 21.1 Å². The van der Waals surface area contributed by atoms with Crippen LogP contribution < -0.4 is 20.1 Å². The van der Waals surface area contributed by atoms with Crippen molar-refractivity contribution in [1.29, 1.82) is 0 Å². The maximum absolute atomic E-state index is 12.5. The molecule has 0 bridgehead atoms. The number of carbonyl (C=O) groups is 1. The Morgan fingerprint density at radius 2 is 1.78 bits per heavy atom. The van der Waals surface area contributed by atoms with E-state index < -0.39 is 0 Å². The molecular formula is C21H31ClN2O3. The van der Waals surface area contributed by atoms with Crippen LogP contribution in [0, 0.1) is 11.3 Å². The summed E-state index contributed by atoms with van der Waals surface area (Å²) in [5.41, 5.74) is 0.801. The zero-order chi connectivity index (χ0) is 19.4. The summed E-state index contributed by atoms with van der Waals surface area (Å²) < 4.78 is 11.3. The van der Waals surface area contributed by atoms with Crippen molar-refractivity contribution in [3.8, 4) is 11.5 Å². The average molecular weight is 395 g/mol. The van der Waals surface area contributed by atoms with Gasteiger partial charge < -0.3 is 20.1 Å². The number of carbonyl (C=O) groups excluding carboxylic acids is 1. The molecule has 0 saturated heterocycles. The highest BCUT2D eigenvalue weighted by molar-refractivity contribution is 6.34. The summed E-state index contributed by atoms with van der Waals surface area (Å²) in [6.07, 6.45) is 5.67. The Morgan fingerprint density at radius 3 is 2.48 bits per heavy atom. The van der Waals surface area contributed by atoms with Gasteiger partial charge in [-0.2, -0.15) is 0 Å². The molecule has 1 aromatic carbocycles. The van der Waals surface area contributed by atoms with Gasteiger partial charge in [0.05, 0.1) is 30.5 Å². The second-order valence-electron chi connectivity index (χ2n) is 8.62. The molecule has 5 nitrogen and oxygen atoms in total. The van der Waals surface area contributed by atoms with Gasteiger partial charge in [0.25, 0.3) is 0 Å². The van der Waals surface area contributed by atoms with E-state index in [1.54, 1.807) is 12.1 Å². The van der Waals surface area contributed by atoms with Crippen molar-refractivity contribution in [3.05, 3.63) is 17.2 Å². The van der Waals surface area contributed by atoms with Crippen LogP contribution in [0.4, 0.5) is 5.69 Å². The topological polar surface area (TPSA) is 59.6 Å². The van der Waals surface area contributed by atoms with Crippen LogP contribution in [-0.4, -0.2) is 31.7 Å². The van der Waals surface area contributed by atoms with Gasteiger partial charge in [-0.05, 0) is 24.2 Å². The number of ether oxygens (including phenoxy) is 2. The quantitative estimate of drug-likeness (QED) is 0.781. The summed E-state index contributed by atoms with van der Waals surface area (Å²) in [4.78, 5) is 12.5. The molecule has 150 valence electrons. The Balaban J connectivity index is 1.60. The number of fused-ring (bicyclic) bond motifs is 1. The molecule has 0 radical (unpaired) electrons. The Morgan fingerprint density at radius 1 is 1.11 bits per heavy atom. The van der Waals surface area contributed by atoms with Crippen LogP contribution >= 0.6 is 11.6 Å². The number of benzene rings is 1. The molecule has 0 spiro atoms. The average Bonchev–Trinajstić information content (AvgIpc) is 2.84.